The molecule has 198 valence electrons. The second-order valence-corrected chi connectivity index (χ2v) is 8.88. The highest BCUT2D eigenvalue weighted by Gasteiger charge is 2.33. The van der Waals surface area contributed by atoms with Gasteiger partial charge in [-0.2, -0.15) is 19.0 Å². The van der Waals surface area contributed by atoms with Crippen LogP contribution in [0.15, 0.2) is 49.1 Å². The Hall–Kier alpha value is -4.30. The van der Waals surface area contributed by atoms with E-state index >= 15 is 0 Å². The van der Waals surface area contributed by atoms with Gasteiger partial charge in [0.2, 0.25) is 0 Å². The number of likely N-dealkylation sites (tertiary alicyclic amines) is 1. The van der Waals surface area contributed by atoms with Crippen LogP contribution in [-0.4, -0.2) is 77.3 Å². The van der Waals surface area contributed by atoms with Crippen molar-refractivity contribution in [3.8, 4) is 17.0 Å². The molecule has 0 aliphatic carbocycles. The second-order valence-electron chi connectivity index (χ2n) is 8.44. The number of benzene rings is 1. The van der Waals surface area contributed by atoms with E-state index in [1.807, 2.05) is 0 Å². The van der Waals surface area contributed by atoms with Crippen molar-refractivity contribution in [3.63, 3.8) is 0 Å². The van der Waals surface area contributed by atoms with Crippen LogP contribution in [0.5, 0.6) is 5.75 Å². The Morgan fingerprint density at radius 1 is 1.29 bits per heavy atom. The molecule has 4 heterocycles. The number of hydrogen-bond acceptors (Lipinski definition) is 7. The molecule has 0 bridgehead atoms. The number of fused-ring (bicyclic) bond motifs is 1. The predicted octanol–water partition coefficient (Wildman–Crippen LogP) is 3.39. The Balaban J connectivity index is 1.56. The molecule has 15 heteroatoms. The predicted molar refractivity (Wildman–Crippen MR) is 130 cm³/mol. The zero-order chi connectivity index (χ0) is 27.0. The van der Waals surface area contributed by atoms with Gasteiger partial charge in [0.05, 0.1) is 30.6 Å². The topological polar surface area (TPSA) is 147 Å². The molecule has 0 unspecified atom stereocenters. The summed E-state index contributed by atoms with van der Waals surface area (Å²) in [5.41, 5.74) is 0.671. The lowest BCUT2D eigenvalue weighted by molar-refractivity contribution is -0.0494. The average molecular weight is 548 g/mol. The van der Waals surface area contributed by atoms with Crippen LogP contribution in [-0.2, 0) is 0 Å². The fraction of sp³-hybridized carbons (Fsp3) is 0.261. The van der Waals surface area contributed by atoms with Crippen molar-refractivity contribution in [2.75, 3.05) is 18.4 Å². The molecule has 12 nitrogen and oxygen atoms in total. The molecule has 2 amide bonds. The minimum atomic E-state index is -3.14. The number of rotatable bonds is 6. The Morgan fingerprint density at radius 3 is 2.84 bits per heavy atom. The maximum absolute atomic E-state index is 13.2. The first-order valence-corrected chi connectivity index (χ1v) is 11.7. The number of β-amino-alcohol motifs (C(OH)–C–C–N with tert-alkyl or cyclic N) is 1. The SMILES string of the molecule is O=C(Nc1cn([C@@H]2CCN(C(=O)O)C[C@H]2O)nc1-c1cc(Cl)ccc1OC(F)F)c1cnn2cccnc12. The lowest BCUT2D eigenvalue weighted by atomic mass is 10.0. The van der Waals surface area contributed by atoms with Crippen LogP contribution in [0.2, 0.25) is 5.02 Å². The van der Waals surface area contributed by atoms with E-state index < -0.39 is 30.8 Å². The van der Waals surface area contributed by atoms with E-state index in [4.69, 9.17) is 11.6 Å². The normalized spacial score (nSPS) is 17.7. The number of piperidine rings is 1. The van der Waals surface area contributed by atoms with Crippen molar-refractivity contribution in [1.29, 1.82) is 0 Å². The lowest BCUT2D eigenvalue weighted by Crippen LogP contribution is -2.46. The number of anilines is 1. The van der Waals surface area contributed by atoms with Gasteiger partial charge in [-0.1, -0.05) is 11.6 Å². The van der Waals surface area contributed by atoms with Crippen LogP contribution in [0.25, 0.3) is 16.9 Å². The van der Waals surface area contributed by atoms with Crippen molar-refractivity contribution < 1.29 is 33.3 Å². The van der Waals surface area contributed by atoms with Crippen LogP contribution >= 0.6 is 11.6 Å². The van der Waals surface area contributed by atoms with Crippen LogP contribution in [0.4, 0.5) is 19.3 Å². The molecule has 0 saturated carbocycles. The molecule has 1 aliphatic rings. The van der Waals surface area contributed by atoms with E-state index in [2.05, 4.69) is 25.2 Å². The Morgan fingerprint density at radius 2 is 2.11 bits per heavy atom. The van der Waals surface area contributed by atoms with Crippen molar-refractivity contribution >= 4 is 34.9 Å². The summed E-state index contributed by atoms with van der Waals surface area (Å²) in [6.45, 7) is -3.15. The minimum Gasteiger partial charge on any atom is -0.465 e. The highest BCUT2D eigenvalue weighted by molar-refractivity contribution is 6.31. The van der Waals surface area contributed by atoms with Gasteiger partial charge < -0.3 is 25.2 Å². The lowest BCUT2D eigenvalue weighted by Gasteiger charge is -2.34. The molecule has 1 fully saturated rings. The number of nitrogens with one attached hydrogen (secondary N) is 1. The van der Waals surface area contributed by atoms with E-state index in [9.17, 15) is 28.6 Å². The third-order valence-electron chi connectivity index (χ3n) is 6.07. The zero-order valence-corrected chi connectivity index (χ0v) is 20.2. The maximum Gasteiger partial charge on any atom is 0.407 e. The third-order valence-corrected chi connectivity index (χ3v) is 6.31. The molecule has 0 spiro atoms. The van der Waals surface area contributed by atoms with Gasteiger partial charge in [-0.25, -0.2) is 14.3 Å². The number of halogens is 3. The van der Waals surface area contributed by atoms with E-state index in [1.54, 1.807) is 12.3 Å². The molecule has 1 aliphatic heterocycles. The quantitative estimate of drug-likeness (QED) is 0.333. The molecule has 1 aromatic carbocycles. The maximum atomic E-state index is 13.2. The largest absolute Gasteiger partial charge is 0.465 e. The van der Waals surface area contributed by atoms with Gasteiger partial charge >= 0.3 is 12.7 Å². The van der Waals surface area contributed by atoms with E-state index in [1.165, 1.54) is 46.0 Å². The molecule has 3 N–H and O–H groups in total. The van der Waals surface area contributed by atoms with Gasteiger partial charge in [-0.05, 0) is 30.7 Å². The number of amides is 2. The number of carboxylic acid groups (broad SMARTS) is 1. The van der Waals surface area contributed by atoms with Gasteiger partial charge in [0.25, 0.3) is 5.91 Å². The molecule has 4 aromatic rings. The van der Waals surface area contributed by atoms with E-state index in [0.717, 1.165) is 4.90 Å². The summed E-state index contributed by atoms with van der Waals surface area (Å²) in [6.07, 6.45) is 3.83. The number of hydrogen-bond donors (Lipinski definition) is 3. The number of carbonyl (C=O) groups is 2. The van der Waals surface area contributed by atoms with Crippen LogP contribution in [0, 0.1) is 0 Å². The summed E-state index contributed by atoms with van der Waals surface area (Å²) >= 11 is 6.15. The smallest absolute Gasteiger partial charge is 0.407 e. The molecule has 2 atom stereocenters. The number of carbonyl (C=O) groups excluding carboxylic acids is 1. The first-order chi connectivity index (χ1) is 18.2. The van der Waals surface area contributed by atoms with Crippen LogP contribution < -0.4 is 10.1 Å². The number of aliphatic hydroxyl groups excluding tert-OH is 1. The molecular formula is C23H20ClF2N7O5. The monoisotopic (exact) mass is 547 g/mol. The van der Waals surface area contributed by atoms with Gasteiger partial charge in [-0.3, -0.25) is 9.48 Å². The molecule has 0 radical (unpaired) electrons. The number of nitrogens with zero attached hydrogens (tertiary/aromatic N) is 6. The van der Waals surface area contributed by atoms with Gasteiger partial charge in [-0.15, -0.1) is 0 Å². The highest BCUT2D eigenvalue weighted by Crippen LogP contribution is 2.38. The number of ether oxygens (including phenoxy) is 1. The fourth-order valence-electron chi connectivity index (χ4n) is 4.32. The first-order valence-electron chi connectivity index (χ1n) is 11.3. The Bertz CT molecular complexity index is 1510. The third kappa shape index (κ3) is 4.95. The van der Waals surface area contributed by atoms with Crippen LogP contribution in [0.1, 0.15) is 22.8 Å². The number of aromatic nitrogens is 5. The molecule has 5 rings (SSSR count). The zero-order valence-electron chi connectivity index (χ0n) is 19.4. The summed E-state index contributed by atoms with van der Waals surface area (Å²) in [5.74, 6) is -0.830. The molecule has 1 saturated heterocycles. The second kappa shape index (κ2) is 10.2. The minimum absolute atomic E-state index is 0.0498. The number of alkyl halides is 2. The number of aliphatic hydroxyl groups is 1. The van der Waals surface area contributed by atoms with Gasteiger partial charge in [0, 0.05) is 35.7 Å². The summed E-state index contributed by atoms with van der Waals surface area (Å²) in [4.78, 5) is 29.8. The van der Waals surface area contributed by atoms with Crippen molar-refractivity contribution in [2.45, 2.75) is 25.2 Å². The van der Waals surface area contributed by atoms with Crippen molar-refractivity contribution in [2.24, 2.45) is 0 Å². The van der Waals surface area contributed by atoms with Crippen molar-refractivity contribution in [1.82, 2.24) is 29.3 Å². The van der Waals surface area contributed by atoms with Crippen LogP contribution in [0.3, 0.4) is 0 Å². The Labute approximate surface area is 218 Å². The summed E-state index contributed by atoms with van der Waals surface area (Å²) in [6, 6.07) is 4.97. The molecule has 38 heavy (non-hydrogen) atoms. The molecular weight excluding hydrogens is 528 g/mol. The van der Waals surface area contributed by atoms with Gasteiger partial charge in [0.15, 0.2) is 5.65 Å². The standard InChI is InChI=1S/C23H20ClF2N7O5/c24-12-2-3-18(38-22(25)26)13(8-12)19-15(29-21(35)14-9-28-32-6-1-5-27-20(14)32)10-33(30-19)16-4-7-31(23(36)37)11-17(16)34/h1-3,5-6,8-10,16-17,22,34H,4,7,11H2,(H,29,35)(H,36,37)/t16-,17-/m1/s1. The summed E-state index contributed by atoms with van der Waals surface area (Å²) in [5, 5.41) is 31.4. The Kier molecular flexibility index (Phi) is 6.82. The highest BCUT2D eigenvalue weighted by atomic mass is 35.5. The van der Waals surface area contributed by atoms with Gasteiger partial charge in [0.1, 0.15) is 17.0 Å². The fourth-order valence-corrected chi connectivity index (χ4v) is 4.49. The van der Waals surface area contributed by atoms with Crippen molar-refractivity contribution in [3.05, 3.63) is 59.6 Å². The van der Waals surface area contributed by atoms with E-state index in [-0.39, 0.29) is 52.8 Å². The summed E-state index contributed by atoms with van der Waals surface area (Å²) in [7, 11) is 0. The summed E-state index contributed by atoms with van der Waals surface area (Å²) < 4.78 is 33.8. The first kappa shape index (κ1) is 25.4. The van der Waals surface area contributed by atoms with E-state index in [0.29, 0.717) is 5.65 Å². The molecule has 3 aromatic heterocycles. The average Bonchev–Trinajstić information content (AvgIpc) is 3.49.